The van der Waals surface area contributed by atoms with Crippen LogP contribution in [0.4, 0.5) is 0 Å². The molecule has 22 heavy (non-hydrogen) atoms. The third-order valence-electron chi connectivity index (χ3n) is 4.15. The smallest absolute Gasteiger partial charge is 0.256 e. The summed E-state index contributed by atoms with van der Waals surface area (Å²) in [5.41, 5.74) is 1.24. The molecule has 2 rings (SSSR count). The van der Waals surface area contributed by atoms with Gasteiger partial charge in [0.2, 0.25) is 0 Å². The monoisotopic (exact) mass is 308 g/mol. The molecule has 1 saturated carbocycles. The Kier molecular flexibility index (Phi) is 6.43. The number of rotatable bonds is 7. The van der Waals surface area contributed by atoms with Crippen molar-refractivity contribution in [1.29, 1.82) is 0 Å². The zero-order chi connectivity index (χ0) is 15.9. The van der Waals surface area contributed by atoms with Gasteiger partial charge in [0.25, 0.3) is 5.91 Å². The molecule has 1 aromatic heterocycles. The predicted octanol–water partition coefficient (Wildman–Crippen LogP) is 3.58. The summed E-state index contributed by atoms with van der Waals surface area (Å²) < 4.78 is 11.1. The van der Waals surface area contributed by atoms with Gasteiger partial charge in [-0.15, -0.1) is 0 Å². The van der Waals surface area contributed by atoms with Crippen LogP contribution in [0.5, 0.6) is 0 Å². The molecule has 1 heterocycles. The van der Waals surface area contributed by atoms with E-state index < -0.39 is 0 Å². The van der Waals surface area contributed by atoms with Crippen LogP contribution in [0.2, 0.25) is 0 Å². The number of nitrogens with zero attached hydrogens (tertiary/aromatic N) is 1. The third kappa shape index (κ3) is 4.57. The van der Waals surface area contributed by atoms with Crippen molar-refractivity contribution in [2.75, 3.05) is 13.2 Å². The average Bonchev–Trinajstić information content (AvgIpc) is 2.90. The largest absolute Gasteiger partial charge is 0.378 e. The van der Waals surface area contributed by atoms with Gasteiger partial charge in [-0.1, -0.05) is 38.3 Å². The molecule has 1 aromatic rings. The SMILES string of the molecule is Cc1noc(C(C)C)c1C(=O)NCCCOC1CCCCC1. The lowest BCUT2D eigenvalue weighted by Crippen LogP contribution is -2.27. The summed E-state index contributed by atoms with van der Waals surface area (Å²) in [6, 6.07) is 0. The number of carbonyl (C=O) groups is 1. The highest BCUT2D eigenvalue weighted by Crippen LogP contribution is 2.22. The average molecular weight is 308 g/mol. The van der Waals surface area contributed by atoms with Gasteiger partial charge in [-0.25, -0.2) is 0 Å². The van der Waals surface area contributed by atoms with Crippen molar-refractivity contribution in [3.63, 3.8) is 0 Å². The van der Waals surface area contributed by atoms with Crippen LogP contribution in [0.15, 0.2) is 4.52 Å². The molecular formula is C17H28N2O3. The number of aryl methyl sites for hydroxylation is 1. The molecule has 1 aliphatic carbocycles. The second kappa shape index (κ2) is 8.32. The van der Waals surface area contributed by atoms with Crippen LogP contribution in [-0.4, -0.2) is 30.3 Å². The summed E-state index contributed by atoms with van der Waals surface area (Å²) in [5, 5.41) is 6.84. The Bertz CT molecular complexity index is 476. The van der Waals surface area contributed by atoms with Crippen LogP contribution in [0.3, 0.4) is 0 Å². The number of carbonyl (C=O) groups excluding carboxylic acids is 1. The van der Waals surface area contributed by atoms with Gasteiger partial charge in [0, 0.05) is 19.1 Å². The Morgan fingerprint density at radius 2 is 2.09 bits per heavy atom. The molecule has 1 fully saturated rings. The van der Waals surface area contributed by atoms with Crippen molar-refractivity contribution in [3.8, 4) is 0 Å². The third-order valence-corrected chi connectivity index (χ3v) is 4.15. The summed E-state index contributed by atoms with van der Waals surface area (Å²) in [7, 11) is 0. The van der Waals surface area contributed by atoms with Crippen molar-refractivity contribution in [2.45, 2.75) is 71.3 Å². The van der Waals surface area contributed by atoms with Crippen molar-refractivity contribution < 1.29 is 14.1 Å². The van der Waals surface area contributed by atoms with Gasteiger partial charge < -0.3 is 14.6 Å². The Balaban J connectivity index is 1.70. The zero-order valence-electron chi connectivity index (χ0n) is 14.0. The van der Waals surface area contributed by atoms with E-state index in [-0.39, 0.29) is 11.8 Å². The van der Waals surface area contributed by atoms with Crippen molar-refractivity contribution >= 4 is 5.91 Å². The van der Waals surface area contributed by atoms with Crippen LogP contribution < -0.4 is 5.32 Å². The van der Waals surface area contributed by atoms with Crippen LogP contribution in [0.1, 0.15) is 80.1 Å². The first-order valence-corrected chi connectivity index (χ1v) is 8.45. The molecule has 0 saturated heterocycles. The summed E-state index contributed by atoms with van der Waals surface area (Å²) in [6.07, 6.45) is 7.54. The summed E-state index contributed by atoms with van der Waals surface area (Å²) in [5.74, 6) is 0.713. The topological polar surface area (TPSA) is 64.4 Å². The molecule has 0 radical (unpaired) electrons. The minimum Gasteiger partial charge on any atom is -0.378 e. The van der Waals surface area contributed by atoms with E-state index in [2.05, 4.69) is 10.5 Å². The molecule has 1 amide bonds. The van der Waals surface area contributed by atoms with E-state index in [0.29, 0.717) is 36.3 Å². The highest BCUT2D eigenvalue weighted by atomic mass is 16.5. The Hall–Kier alpha value is -1.36. The van der Waals surface area contributed by atoms with Crippen molar-refractivity contribution in [3.05, 3.63) is 17.0 Å². The second-order valence-electron chi connectivity index (χ2n) is 6.40. The number of ether oxygens (including phenoxy) is 1. The number of hydrogen-bond acceptors (Lipinski definition) is 4. The maximum atomic E-state index is 12.3. The molecule has 5 nitrogen and oxygen atoms in total. The van der Waals surface area contributed by atoms with Gasteiger partial charge in [-0.2, -0.15) is 0 Å². The molecule has 0 unspecified atom stereocenters. The second-order valence-corrected chi connectivity index (χ2v) is 6.40. The maximum absolute atomic E-state index is 12.3. The number of amides is 1. The van der Waals surface area contributed by atoms with Crippen LogP contribution in [0.25, 0.3) is 0 Å². The van der Waals surface area contributed by atoms with E-state index in [4.69, 9.17) is 9.26 Å². The van der Waals surface area contributed by atoms with E-state index >= 15 is 0 Å². The lowest BCUT2D eigenvalue weighted by atomic mass is 9.98. The molecule has 0 atom stereocenters. The van der Waals surface area contributed by atoms with Gasteiger partial charge >= 0.3 is 0 Å². The number of hydrogen-bond donors (Lipinski definition) is 1. The lowest BCUT2D eigenvalue weighted by molar-refractivity contribution is 0.0273. The minimum atomic E-state index is -0.0971. The molecule has 1 aliphatic rings. The van der Waals surface area contributed by atoms with Gasteiger partial charge in [0.15, 0.2) is 5.76 Å². The standard InChI is InChI=1S/C17H28N2O3/c1-12(2)16-15(13(3)19-22-16)17(20)18-10-7-11-21-14-8-5-4-6-9-14/h12,14H,4-11H2,1-3H3,(H,18,20). The molecule has 0 spiro atoms. The minimum absolute atomic E-state index is 0.0971. The van der Waals surface area contributed by atoms with Crippen LogP contribution >= 0.6 is 0 Å². The Morgan fingerprint density at radius 3 is 2.77 bits per heavy atom. The van der Waals surface area contributed by atoms with E-state index in [1.54, 1.807) is 6.92 Å². The summed E-state index contributed by atoms with van der Waals surface area (Å²) in [6.45, 7) is 7.12. The molecular weight excluding hydrogens is 280 g/mol. The highest BCUT2D eigenvalue weighted by Gasteiger charge is 2.22. The van der Waals surface area contributed by atoms with Gasteiger partial charge in [0.1, 0.15) is 5.56 Å². The normalized spacial score (nSPS) is 16.2. The first-order valence-electron chi connectivity index (χ1n) is 8.45. The van der Waals surface area contributed by atoms with Gasteiger partial charge in [-0.05, 0) is 26.2 Å². The van der Waals surface area contributed by atoms with E-state index in [0.717, 1.165) is 6.42 Å². The van der Waals surface area contributed by atoms with Gasteiger partial charge in [0.05, 0.1) is 11.8 Å². The first-order chi connectivity index (χ1) is 10.6. The first kappa shape index (κ1) is 17.0. The lowest BCUT2D eigenvalue weighted by Gasteiger charge is -2.21. The molecule has 0 bridgehead atoms. The quantitative estimate of drug-likeness (QED) is 0.782. The fourth-order valence-corrected chi connectivity index (χ4v) is 2.90. The molecule has 5 heteroatoms. The maximum Gasteiger partial charge on any atom is 0.256 e. The van der Waals surface area contributed by atoms with E-state index in [1.807, 2.05) is 13.8 Å². The van der Waals surface area contributed by atoms with Crippen LogP contribution in [-0.2, 0) is 4.74 Å². The summed E-state index contributed by atoms with van der Waals surface area (Å²) in [4.78, 5) is 12.3. The fourth-order valence-electron chi connectivity index (χ4n) is 2.90. The van der Waals surface area contributed by atoms with Crippen LogP contribution in [0, 0.1) is 6.92 Å². The van der Waals surface area contributed by atoms with Gasteiger partial charge in [-0.3, -0.25) is 4.79 Å². The Labute approximate surface area is 132 Å². The zero-order valence-corrected chi connectivity index (χ0v) is 14.0. The fraction of sp³-hybridized carbons (Fsp3) is 0.765. The molecule has 124 valence electrons. The molecule has 0 aromatic carbocycles. The van der Waals surface area contributed by atoms with Crippen molar-refractivity contribution in [1.82, 2.24) is 10.5 Å². The Morgan fingerprint density at radius 1 is 1.36 bits per heavy atom. The molecule has 1 N–H and O–H groups in total. The van der Waals surface area contributed by atoms with E-state index in [9.17, 15) is 4.79 Å². The number of nitrogens with one attached hydrogen (secondary N) is 1. The molecule has 0 aliphatic heterocycles. The number of aromatic nitrogens is 1. The predicted molar refractivity (Wildman–Crippen MR) is 85.1 cm³/mol. The summed E-state index contributed by atoms with van der Waals surface area (Å²) >= 11 is 0. The van der Waals surface area contributed by atoms with E-state index in [1.165, 1.54) is 32.1 Å². The highest BCUT2D eigenvalue weighted by molar-refractivity contribution is 5.96. The van der Waals surface area contributed by atoms with Crippen molar-refractivity contribution in [2.24, 2.45) is 0 Å².